The number of hydrogen-bond donors (Lipinski definition) is 1. The minimum Gasteiger partial charge on any atom is -0.395 e. The molecule has 0 saturated heterocycles. The average Bonchev–Trinajstić information content (AvgIpc) is 1.99. The smallest absolute Gasteiger partial charge is 0.331 e. The van der Waals surface area contributed by atoms with Gasteiger partial charge in [-0.15, -0.1) is 0 Å². The molecule has 0 bridgehead atoms. The lowest BCUT2D eigenvalue weighted by molar-refractivity contribution is 0.129. The van der Waals surface area contributed by atoms with Crippen LogP contribution < -0.4 is 5.73 Å². The summed E-state index contributed by atoms with van der Waals surface area (Å²) in [4.78, 5) is 0. The zero-order valence-electron chi connectivity index (χ0n) is 9.30. The van der Waals surface area contributed by atoms with Gasteiger partial charge in [0.05, 0.1) is 0 Å². The molecule has 0 aliphatic heterocycles. The molecule has 4 heteroatoms. The largest absolute Gasteiger partial charge is 0.395 e. The number of rotatable bonds is 7. The lowest BCUT2D eigenvalue weighted by Crippen LogP contribution is -2.38. The molecular weight excluding hydrogens is 182 g/mol. The molecule has 3 nitrogen and oxygen atoms in total. The van der Waals surface area contributed by atoms with Crippen LogP contribution in [0.15, 0.2) is 0 Å². The summed E-state index contributed by atoms with van der Waals surface area (Å²) >= 11 is 0. The van der Waals surface area contributed by atoms with Gasteiger partial charge in [0.15, 0.2) is 0 Å². The zero-order valence-corrected chi connectivity index (χ0v) is 10.3. The Hall–Kier alpha value is 0.0969. The van der Waals surface area contributed by atoms with E-state index in [-0.39, 0.29) is 6.10 Å². The van der Waals surface area contributed by atoms with Crippen molar-refractivity contribution in [3.05, 3.63) is 0 Å². The summed E-state index contributed by atoms with van der Waals surface area (Å²) in [5.74, 6) is 0. The van der Waals surface area contributed by atoms with Gasteiger partial charge < -0.3 is 14.6 Å². The normalized spacial score (nSPS) is 14.5. The van der Waals surface area contributed by atoms with Gasteiger partial charge in [-0.05, 0) is 46.3 Å². The third kappa shape index (κ3) is 7.19. The summed E-state index contributed by atoms with van der Waals surface area (Å²) in [5.41, 5.74) is 5.42. The van der Waals surface area contributed by atoms with Gasteiger partial charge in [-0.1, -0.05) is 0 Å². The van der Waals surface area contributed by atoms with Crippen molar-refractivity contribution in [3.63, 3.8) is 0 Å². The molecule has 2 N–H and O–H groups in total. The van der Waals surface area contributed by atoms with Crippen LogP contribution in [0.2, 0.25) is 13.1 Å². The van der Waals surface area contributed by atoms with Crippen molar-refractivity contribution in [2.75, 3.05) is 13.2 Å². The van der Waals surface area contributed by atoms with Gasteiger partial charge in [0, 0.05) is 12.7 Å². The predicted molar refractivity (Wildman–Crippen MR) is 57.9 cm³/mol. The second-order valence-corrected chi connectivity index (χ2v) is 7.02. The highest BCUT2D eigenvalue weighted by atomic mass is 28.4. The van der Waals surface area contributed by atoms with Crippen LogP contribution in [0.1, 0.15) is 26.7 Å². The van der Waals surface area contributed by atoms with Gasteiger partial charge in [-0.25, -0.2) is 0 Å². The van der Waals surface area contributed by atoms with Gasteiger partial charge in [-0.3, -0.25) is 0 Å². The van der Waals surface area contributed by atoms with Crippen LogP contribution in [0, 0.1) is 0 Å². The summed E-state index contributed by atoms with van der Waals surface area (Å²) in [6.07, 6.45) is 2.33. The lowest BCUT2D eigenvalue weighted by atomic mass is 10.2. The highest BCUT2D eigenvalue weighted by molar-refractivity contribution is 6.64. The maximum atomic E-state index is 5.84. The lowest BCUT2D eigenvalue weighted by Gasteiger charge is -2.26. The molecule has 80 valence electrons. The second kappa shape index (κ2) is 6.54. The predicted octanol–water partition coefficient (Wildman–Crippen LogP) is 1.87. The first-order valence-corrected chi connectivity index (χ1v) is 7.85. The fourth-order valence-corrected chi connectivity index (χ4v) is 3.18. The van der Waals surface area contributed by atoms with E-state index in [1.54, 1.807) is 0 Å². The molecule has 0 radical (unpaired) electrons. The van der Waals surface area contributed by atoms with E-state index in [2.05, 4.69) is 20.0 Å². The minimum atomic E-state index is -1.86. The molecule has 0 saturated carbocycles. The molecule has 0 rings (SSSR count). The first-order valence-electron chi connectivity index (χ1n) is 5.03. The molecule has 0 spiro atoms. The minimum absolute atomic E-state index is 0.275. The van der Waals surface area contributed by atoms with Crippen LogP contribution in [0.3, 0.4) is 0 Å². The Labute approximate surface area is 82.9 Å². The highest BCUT2D eigenvalue weighted by Crippen LogP contribution is 2.12. The first-order chi connectivity index (χ1) is 6.02. The van der Waals surface area contributed by atoms with Crippen molar-refractivity contribution in [1.82, 2.24) is 0 Å². The SMILES string of the molecule is CCO[Si](C)(C)OC(C)CCCN. The Bertz CT molecular complexity index is 131. The summed E-state index contributed by atoms with van der Waals surface area (Å²) in [5, 5.41) is 0. The van der Waals surface area contributed by atoms with Crippen molar-refractivity contribution < 1.29 is 8.85 Å². The highest BCUT2D eigenvalue weighted by Gasteiger charge is 2.25. The molecule has 0 amide bonds. The molecule has 0 aliphatic carbocycles. The van der Waals surface area contributed by atoms with Gasteiger partial charge in [0.25, 0.3) is 0 Å². The third-order valence-corrected chi connectivity index (χ3v) is 3.75. The van der Waals surface area contributed by atoms with Crippen LogP contribution in [-0.4, -0.2) is 27.8 Å². The Kier molecular flexibility index (Phi) is 6.58. The van der Waals surface area contributed by atoms with E-state index in [4.69, 9.17) is 14.6 Å². The molecule has 0 aromatic rings. The van der Waals surface area contributed by atoms with Crippen molar-refractivity contribution in [2.24, 2.45) is 5.73 Å². The molecule has 0 heterocycles. The van der Waals surface area contributed by atoms with Crippen LogP contribution >= 0.6 is 0 Å². The number of nitrogens with two attached hydrogens (primary N) is 1. The molecule has 13 heavy (non-hydrogen) atoms. The Morgan fingerprint density at radius 1 is 1.38 bits per heavy atom. The van der Waals surface area contributed by atoms with E-state index >= 15 is 0 Å². The van der Waals surface area contributed by atoms with E-state index < -0.39 is 8.56 Å². The van der Waals surface area contributed by atoms with Gasteiger partial charge >= 0.3 is 8.56 Å². The molecule has 1 atom stereocenters. The Morgan fingerprint density at radius 3 is 2.46 bits per heavy atom. The first kappa shape index (κ1) is 13.1. The Balaban J connectivity index is 3.68. The summed E-state index contributed by atoms with van der Waals surface area (Å²) in [6, 6.07) is 0. The summed E-state index contributed by atoms with van der Waals surface area (Å²) in [7, 11) is -1.86. The van der Waals surface area contributed by atoms with Crippen LogP contribution in [0.4, 0.5) is 0 Å². The van der Waals surface area contributed by atoms with E-state index in [0.717, 1.165) is 26.0 Å². The zero-order chi connectivity index (χ0) is 10.3. The number of hydrogen-bond acceptors (Lipinski definition) is 3. The van der Waals surface area contributed by atoms with Crippen LogP contribution in [0.25, 0.3) is 0 Å². The van der Waals surface area contributed by atoms with Crippen molar-refractivity contribution >= 4 is 8.56 Å². The van der Waals surface area contributed by atoms with Crippen molar-refractivity contribution in [3.8, 4) is 0 Å². The van der Waals surface area contributed by atoms with Crippen molar-refractivity contribution in [2.45, 2.75) is 45.9 Å². The fourth-order valence-electron chi connectivity index (χ4n) is 1.33. The summed E-state index contributed by atoms with van der Waals surface area (Å²) < 4.78 is 11.4. The average molecular weight is 205 g/mol. The van der Waals surface area contributed by atoms with Crippen LogP contribution in [0.5, 0.6) is 0 Å². The second-order valence-electron chi connectivity index (χ2n) is 3.69. The van der Waals surface area contributed by atoms with E-state index in [1.807, 2.05) is 6.92 Å². The van der Waals surface area contributed by atoms with Gasteiger partial charge in [0.1, 0.15) is 0 Å². The van der Waals surface area contributed by atoms with Gasteiger partial charge in [0.2, 0.25) is 0 Å². The topological polar surface area (TPSA) is 44.5 Å². The monoisotopic (exact) mass is 205 g/mol. The third-order valence-electron chi connectivity index (χ3n) is 1.79. The fraction of sp³-hybridized carbons (Fsp3) is 1.00. The van der Waals surface area contributed by atoms with E-state index in [9.17, 15) is 0 Å². The van der Waals surface area contributed by atoms with E-state index in [1.165, 1.54) is 0 Å². The molecule has 0 aromatic heterocycles. The molecule has 0 aliphatic rings. The summed E-state index contributed by atoms with van der Waals surface area (Å²) in [6.45, 7) is 9.73. The molecule has 0 fully saturated rings. The van der Waals surface area contributed by atoms with Crippen LogP contribution in [-0.2, 0) is 8.85 Å². The maximum absolute atomic E-state index is 5.84. The van der Waals surface area contributed by atoms with E-state index in [0.29, 0.717) is 0 Å². The van der Waals surface area contributed by atoms with Crippen molar-refractivity contribution in [1.29, 1.82) is 0 Å². The quantitative estimate of drug-likeness (QED) is 0.645. The molecular formula is C9H23NO2Si. The molecule has 0 aromatic carbocycles. The maximum Gasteiger partial charge on any atom is 0.331 e. The molecule has 1 unspecified atom stereocenters. The Morgan fingerprint density at radius 2 is 2.00 bits per heavy atom. The van der Waals surface area contributed by atoms with Gasteiger partial charge in [-0.2, -0.15) is 0 Å². The standard InChI is InChI=1S/C9H23NO2Si/c1-5-11-13(3,4)12-9(2)7-6-8-10/h9H,5-8,10H2,1-4H3.